The van der Waals surface area contributed by atoms with Gasteiger partial charge in [0.2, 0.25) is 0 Å². The Morgan fingerprint density at radius 3 is 3.00 bits per heavy atom. The van der Waals surface area contributed by atoms with Gasteiger partial charge in [0.1, 0.15) is 0 Å². The second-order valence-electron chi connectivity index (χ2n) is 4.61. The summed E-state index contributed by atoms with van der Waals surface area (Å²) in [5.41, 5.74) is 2.70. The lowest BCUT2D eigenvalue weighted by Gasteiger charge is -2.36. The second kappa shape index (κ2) is 5.99. The third-order valence-corrected chi connectivity index (χ3v) is 3.55. The van der Waals surface area contributed by atoms with Gasteiger partial charge in [0.05, 0.1) is 12.6 Å². The van der Waals surface area contributed by atoms with E-state index in [1.165, 1.54) is 11.1 Å². The number of unbranched alkanes of at least 4 members (excludes halogenated alkanes) is 1. The fraction of sp³-hybridized carbons (Fsp3) is 0.467. The standard InChI is InChI=1S/C15H21NO/c1-2-3-6-10-16-11-9-13-7-4-5-8-14(13)15(16)12-17/h2,4-5,7-8,15,17H,1,3,6,9-12H2. The molecule has 2 nitrogen and oxygen atoms in total. The van der Waals surface area contributed by atoms with Crippen LogP contribution in [0.5, 0.6) is 0 Å². The van der Waals surface area contributed by atoms with E-state index in [0.29, 0.717) is 0 Å². The van der Waals surface area contributed by atoms with Crippen LogP contribution in [0.2, 0.25) is 0 Å². The number of benzene rings is 1. The van der Waals surface area contributed by atoms with Gasteiger partial charge in [-0.05, 0) is 36.9 Å². The predicted molar refractivity (Wildman–Crippen MR) is 71.0 cm³/mol. The van der Waals surface area contributed by atoms with Crippen LogP contribution >= 0.6 is 0 Å². The van der Waals surface area contributed by atoms with Gasteiger partial charge in [-0.1, -0.05) is 30.3 Å². The lowest BCUT2D eigenvalue weighted by atomic mass is 9.93. The average Bonchev–Trinajstić information content (AvgIpc) is 2.38. The Labute approximate surface area is 104 Å². The second-order valence-corrected chi connectivity index (χ2v) is 4.61. The van der Waals surface area contributed by atoms with Crippen LogP contribution in [-0.2, 0) is 6.42 Å². The van der Waals surface area contributed by atoms with E-state index in [0.717, 1.165) is 32.4 Å². The molecule has 1 aromatic carbocycles. The first-order valence-electron chi connectivity index (χ1n) is 6.40. The van der Waals surface area contributed by atoms with Crippen molar-refractivity contribution in [2.75, 3.05) is 19.7 Å². The van der Waals surface area contributed by atoms with Crippen LogP contribution < -0.4 is 0 Å². The normalized spacial score (nSPS) is 19.9. The highest BCUT2D eigenvalue weighted by atomic mass is 16.3. The highest BCUT2D eigenvalue weighted by Gasteiger charge is 2.25. The molecule has 1 aliphatic rings. The van der Waals surface area contributed by atoms with E-state index in [1.807, 2.05) is 6.08 Å². The third-order valence-electron chi connectivity index (χ3n) is 3.55. The first kappa shape index (κ1) is 12.3. The van der Waals surface area contributed by atoms with Crippen LogP contribution in [-0.4, -0.2) is 29.7 Å². The van der Waals surface area contributed by atoms with E-state index >= 15 is 0 Å². The van der Waals surface area contributed by atoms with Crippen molar-refractivity contribution in [2.45, 2.75) is 25.3 Å². The number of hydrogen-bond acceptors (Lipinski definition) is 2. The van der Waals surface area contributed by atoms with Crippen molar-refractivity contribution in [3.63, 3.8) is 0 Å². The molecule has 1 aromatic rings. The maximum atomic E-state index is 9.60. The third kappa shape index (κ3) is 2.76. The lowest BCUT2D eigenvalue weighted by molar-refractivity contribution is 0.113. The van der Waals surface area contributed by atoms with E-state index in [4.69, 9.17) is 0 Å². The Bertz CT molecular complexity index is 375. The van der Waals surface area contributed by atoms with Gasteiger partial charge in [0.25, 0.3) is 0 Å². The summed E-state index contributed by atoms with van der Waals surface area (Å²) in [5.74, 6) is 0. The number of aliphatic hydroxyl groups excluding tert-OH is 1. The molecule has 2 rings (SSSR count). The molecular weight excluding hydrogens is 210 g/mol. The lowest BCUT2D eigenvalue weighted by Crippen LogP contribution is -2.37. The molecule has 1 aliphatic heterocycles. The molecule has 1 heterocycles. The van der Waals surface area contributed by atoms with Crippen molar-refractivity contribution in [3.05, 3.63) is 48.0 Å². The summed E-state index contributed by atoms with van der Waals surface area (Å²) in [6, 6.07) is 8.66. The smallest absolute Gasteiger partial charge is 0.0628 e. The molecule has 0 aliphatic carbocycles. The summed E-state index contributed by atoms with van der Waals surface area (Å²) in [6.45, 7) is 6.07. The van der Waals surface area contributed by atoms with Crippen LogP contribution in [0.15, 0.2) is 36.9 Å². The Hall–Kier alpha value is -1.12. The van der Waals surface area contributed by atoms with Crippen molar-refractivity contribution in [2.24, 2.45) is 0 Å². The molecule has 17 heavy (non-hydrogen) atoms. The zero-order valence-corrected chi connectivity index (χ0v) is 10.3. The summed E-state index contributed by atoms with van der Waals surface area (Å²) in [4.78, 5) is 2.39. The van der Waals surface area contributed by atoms with Gasteiger partial charge in [-0.2, -0.15) is 0 Å². The van der Waals surface area contributed by atoms with Crippen molar-refractivity contribution >= 4 is 0 Å². The first-order chi connectivity index (χ1) is 8.36. The van der Waals surface area contributed by atoms with Gasteiger partial charge in [0.15, 0.2) is 0 Å². The Morgan fingerprint density at radius 1 is 1.41 bits per heavy atom. The van der Waals surface area contributed by atoms with Gasteiger partial charge in [-0.25, -0.2) is 0 Å². The monoisotopic (exact) mass is 231 g/mol. The fourth-order valence-corrected chi connectivity index (χ4v) is 2.62. The number of nitrogens with zero attached hydrogens (tertiary/aromatic N) is 1. The molecule has 1 atom stereocenters. The summed E-state index contributed by atoms with van der Waals surface area (Å²) < 4.78 is 0. The minimum atomic E-state index is 0.185. The molecule has 0 bridgehead atoms. The van der Waals surface area contributed by atoms with Crippen LogP contribution in [0, 0.1) is 0 Å². The number of aliphatic hydroxyl groups is 1. The SMILES string of the molecule is C=CCCCN1CCc2ccccc2C1CO. The molecule has 92 valence electrons. The summed E-state index contributed by atoms with van der Waals surface area (Å²) in [6.07, 6.45) is 5.24. The Balaban J connectivity index is 2.09. The number of hydrogen-bond donors (Lipinski definition) is 1. The molecule has 1 N–H and O–H groups in total. The fourth-order valence-electron chi connectivity index (χ4n) is 2.62. The molecule has 0 radical (unpaired) electrons. The van der Waals surface area contributed by atoms with Crippen LogP contribution in [0.4, 0.5) is 0 Å². The van der Waals surface area contributed by atoms with Gasteiger partial charge >= 0.3 is 0 Å². The highest BCUT2D eigenvalue weighted by molar-refractivity contribution is 5.32. The molecule has 0 saturated heterocycles. The van der Waals surface area contributed by atoms with Crippen molar-refractivity contribution in [3.8, 4) is 0 Å². The van der Waals surface area contributed by atoms with Gasteiger partial charge in [-0.3, -0.25) is 4.90 Å². The molecule has 0 spiro atoms. The number of fused-ring (bicyclic) bond motifs is 1. The average molecular weight is 231 g/mol. The first-order valence-corrected chi connectivity index (χ1v) is 6.40. The molecule has 0 amide bonds. The highest BCUT2D eigenvalue weighted by Crippen LogP contribution is 2.29. The number of rotatable bonds is 5. The van der Waals surface area contributed by atoms with Gasteiger partial charge in [-0.15, -0.1) is 6.58 Å². The zero-order chi connectivity index (χ0) is 12.1. The molecular formula is C15H21NO. The number of allylic oxidation sites excluding steroid dienone is 1. The molecule has 0 aromatic heterocycles. The Kier molecular flexibility index (Phi) is 4.35. The maximum absolute atomic E-state index is 9.60. The molecule has 2 heteroatoms. The van der Waals surface area contributed by atoms with Gasteiger partial charge in [0, 0.05) is 6.54 Å². The molecule has 0 fully saturated rings. The van der Waals surface area contributed by atoms with Crippen LogP contribution in [0.3, 0.4) is 0 Å². The minimum absolute atomic E-state index is 0.185. The quantitative estimate of drug-likeness (QED) is 0.622. The summed E-state index contributed by atoms with van der Waals surface area (Å²) in [5, 5.41) is 9.60. The Morgan fingerprint density at radius 2 is 2.24 bits per heavy atom. The van der Waals surface area contributed by atoms with Crippen molar-refractivity contribution < 1.29 is 5.11 Å². The summed E-state index contributed by atoms with van der Waals surface area (Å²) in [7, 11) is 0. The van der Waals surface area contributed by atoms with Crippen molar-refractivity contribution in [1.82, 2.24) is 4.90 Å². The predicted octanol–water partition coefficient (Wildman–Crippen LogP) is 2.54. The zero-order valence-electron chi connectivity index (χ0n) is 10.3. The van der Waals surface area contributed by atoms with Crippen LogP contribution in [0.1, 0.15) is 30.0 Å². The minimum Gasteiger partial charge on any atom is -0.394 e. The summed E-state index contributed by atoms with van der Waals surface area (Å²) >= 11 is 0. The van der Waals surface area contributed by atoms with Crippen molar-refractivity contribution in [1.29, 1.82) is 0 Å². The van der Waals surface area contributed by atoms with Crippen LogP contribution in [0.25, 0.3) is 0 Å². The van der Waals surface area contributed by atoms with E-state index in [-0.39, 0.29) is 12.6 Å². The molecule has 0 saturated carbocycles. The van der Waals surface area contributed by atoms with E-state index in [2.05, 4.69) is 35.7 Å². The van der Waals surface area contributed by atoms with E-state index in [9.17, 15) is 5.11 Å². The molecule has 1 unspecified atom stereocenters. The maximum Gasteiger partial charge on any atom is 0.0628 e. The topological polar surface area (TPSA) is 23.5 Å². The largest absolute Gasteiger partial charge is 0.394 e. The van der Waals surface area contributed by atoms with E-state index in [1.54, 1.807) is 0 Å². The van der Waals surface area contributed by atoms with E-state index < -0.39 is 0 Å². The van der Waals surface area contributed by atoms with Gasteiger partial charge < -0.3 is 5.11 Å².